The summed E-state index contributed by atoms with van der Waals surface area (Å²) in [7, 11) is 0. The number of halogens is 1. The fourth-order valence-corrected chi connectivity index (χ4v) is 3.81. The molecule has 5 nitrogen and oxygen atoms in total. The van der Waals surface area contributed by atoms with Gasteiger partial charge in [-0.1, -0.05) is 4.48 Å². The number of benzene rings is 1. The Morgan fingerprint density at radius 1 is 1.48 bits per heavy atom. The standard InChI is InChI=1S/C16H17FN2O3S/c1-23-9-10-4-5-18(7-10)11-2-3-12-14(6-11)19(17)8-13(15(12)20)16(21)22/h2-3,6,8,10H,4-5,7,9H2,1H3,(H,21,22). The van der Waals surface area contributed by atoms with E-state index in [1.54, 1.807) is 12.1 Å². The first kappa shape index (κ1) is 15.9. The number of carbonyl (C=O) groups is 1. The van der Waals surface area contributed by atoms with Crippen molar-refractivity contribution in [3.05, 3.63) is 40.2 Å². The Bertz CT molecular complexity index is 821. The Labute approximate surface area is 136 Å². The number of aromatic carboxylic acids is 1. The number of carboxylic acids is 1. The topological polar surface area (TPSA) is 62.5 Å². The van der Waals surface area contributed by atoms with Gasteiger partial charge < -0.3 is 10.0 Å². The minimum absolute atomic E-state index is 0.0796. The summed E-state index contributed by atoms with van der Waals surface area (Å²) in [5, 5.41) is 9.05. The van der Waals surface area contributed by atoms with E-state index in [0.29, 0.717) is 5.92 Å². The molecule has 1 atom stereocenters. The van der Waals surface area contributed by atoms with Gasteiger partial charge in [-0.2, -0.15) is 16.6 Å². The smallest absolute Gasteiger partial charge is 0.341 e. The lowest BCUT2D eigenvalue weighted by Crippen LogP contribution is -2.21. The molecule has 7 heteroatoms. The lowest BCUT2D eigenvalue weighted by molar-refractivity contribution is 0.0693. The van der Waals surface area contributed by atoms with E-state index in [0.717, 1.165) is 37.1 Å². The second-order valence-electron chi connectivity index (χ2n) is 5.75. The lowest BCUT2D eigenvalue weighted by Gasteiger charge is -2.19. The van der Waals surface area contributed by atoms with Crippen LogP contribution in [0.1, 0.15) is 16.8 Å². The second kappa shape index (κ2) is 6.23. The SMILES string of the molecule is CSCC1CCN(c2ccc3c(=O)c(C(=O)O)cn(F)c3c2)C1. The molecule has 1 aliphatic rings. The van der Waals surface area contributed by atoms with Gasteiger partial charge in [0.15, 0.2) is 0 Å². The number of thioether (sulfide) groups is 1. The normalized spacial score (nSPS) is 17.8. The first-order valence-corrected chi connectivity index (χ1v) is 8.73. The van der Waals surface area contributed by atoms with E-state index in [1.807, 2.05) is 11.8 Å². The highest BCUT2D eigenvalue weighted by Gasteiger charge is 2.23. The quantitative estimate of drug-likeness (QED) is 0.930. The third kappa shape index (κ3) is 2.93. The molecule has 0 radical (unpaired) electrons. The molecule has 23 heavy (non-hydrogen) atoms. The first-order chi connectivity index (χ1) is 11.0. The first-order valence-electron chi connectivity index (χ1n) is 7.34. The molecule has 0 spiro atoms. The Hall–Kier alpha value is -2.02. The van der Waals surface area contributed by atoms with Crippen molar-refractivity contribution < 1.29 is 14.4 Å². The highest BCUT2D eigenvalue weighted by molar-refractivity contribution is 7.98. The third-order valence-electron chi connectivity index (χ3n) is 4.23. The monoisotopic (exact) mass is 336 g/mol. The summed E-state index contributed by atoms with van der Waals surface area (Å²) in [5.74, 6) is 0.286. The van der Waals surface area contributed by atoms with E-state index in [1.165, 1.54) is 6.07 Å². The predicted octanol–water partition coefficient (Wildman–Crippen LogP) is 2.62. The van der Waals surface area contributed by atoms with Crippen LogP contribution in [0.25, 0.3) is 10.9 Å². The van der Waals surface area contributed by atoms with Crippen LogP contribution in [0.4, 0.5) is 10.2 Å². The van der Waals surface area contributed by atoms with Gasteiger partial charge in [0.2, 0.25) is 5.43 Å². The predicted molar refractivity (Wildman–Crippen MR) is 90.4 cm³/mol. The van der Waals surface area contributed by atoms with E-state index in [2.05, 4.69) is 11.2 Å². The Morgan fingerprint density at radius 2 is 2.26 bits per heavy atom. The number of rotatable bonds is 4. The summed E-state index contributed by atoms with van der Waals surface area (Å²) < 4.78 is 14.1. The highest BCUT2D eigenvalue weighted by Crippen LogP contribution is 2.28. The number of aromatic nitrogens is 1. The van der Waals surface area contributed by atoms with Gasteiger partial charge in [-0.15, -0.1) is 0 Å². The van der Waals surface area contributed by atoms with Gasteiger partial charge in [0.25, 0.3) is 0 Å². The number of fused-ring (bicyclic) bond motifs is 1. The molecule has 0 saturated carbocycles. The van der Waals surface area contributed by atoms with E-state index in [9.17, 15) is 14.1 Å². The molecule has 1 saturated heterocycles. The largest absolute Gasteiger partial charge is 0.477 e. The molecular weight excluding hydrogens is 319 g/mol. The maximum absolute atomic E-state index is 14.1. The van der Waals surface area contributed by atoms with Crippen LogP contribution in [0.3, 0.4) is 0 Å². The minimum atomic E-state index is -1.42. The van der Waals surface area contributed by atoms with Gasteiger partial charge in [0.05, 0.1) is 11.7 Å². The number of pyridine rings is 1. The van der Waals surface area contributed by atoms with Crippen molar-refractivity contribution in [2.24, 2.45) is 5.92 Å². The van der Waals surface area contributed by atoms with Gasteiger partial charge in [-0.05, 0) is 42.5 Å². The molecule has 1 aromatic carbocycles. The van der Waals surface area contributed by atoms with Gasteiger partial charge in [0.1, 0.15) is 5.56 Å². The van der Waals surface area contributed by atoms with Gasteiger partial charge >= 0.3 is 5.97 Å². The van der Waals surface area contributed by atoms with Crippen molar-refractivity contribution >= 4 is 34.3 Å². The van der Waals surface area contributed by atoms with Crippen LogP contribution in [0.2, 0.25) is 0 Å². The molecule has 3 rings (SSSR count). The number of hydrogen-bond donors (Lipinski definition) is 1. The summed E-state index contributed by atoms with van der Waals surface area (Å²) in [6.45, 7) is 1.82. The molecule has 1 N–H and O–H groups in total. The van der Waals surface area contributed by atoms with Crippen molar-refractivity contribution in [3.8, 4) is 0 Å². The summed E-state index contributed by atoms with van der Waals surface area (Å²) in [6, 6.07) is 4.89. The third-order valence-corrected chi connectivity index (χ3v) is 5.03. The lowest BCUT2D eigenvalue weighted by atomic mass is 10.1. The van der Waals surface area contributed by atoms with Gasteiger partial charge in [-0.25, -0.2) is 4.79 Å². The van der Waals surface area contributed by atoms with Crippen LogP contribution < -0.4 is 10.3 Å². The summed E-state index contributed by atoms with van der Waals surface area (Å²) in [5.41, 5.74) is -0.260. The van der Waals surface area contributed by atoms with Gasteiger partial charge in [-0.3, -0.25) is 4.79 Å². The van der Waals surface area contributed by atoms with E-state index < -0.39 is 17.0 Å². The zero-order valence-corrected chi connectivity index (χ0v) is 13.5. The molecule has 0 aliphatic carbocycles. The Balaban J connectivity index is 2.00. The fraction of sp³-hybridized carbons (Fsp3) is 0.375. The zero-order chi connectivity index (χ0) is 16.6. The maximum Gasteiger partial charge on any atom is 0.341 e. The van der Waals surface area contributed by atoms with Crippen molar-refractivity contribution in [3.63, 3.8) is 0 Å². The van der Waals surface area contributed by atoms with E-state index in [-0.39, 0.29) is 15.7 Å². The van der Waals surface area contributed by atoms with Crippen LogP contribution in [0.15, 0.2) is 29.2 Å². The molecule has 1 aromatic heterocycles. The maximum atomic E-state index is 14.1. The minimum Gasteiger partial charge on any atom is -0.477 e. The second-order valence-corrected chi connectivity index (χ2v) is 6.66. The Kier molecular flexibility index (Phi) is 4.30. The zero-order valence-electron chi connectivity index (χ0n) is 12.7. The molecule has 122 valence electrons. The van der Waals surface area contributed by atoms with Crippen LogP contribution in [0, 0.1) is 5.92 Å². The fourth-order valence-electron chi connectivity index (χ4n) is 3.06. The molecule has 1 unspecified atom stereocenters. The molecule has 1 fully saturated rings. The van der Waals surface area contributed by atoms with Crippen LogP contribution in [0.5, 0.6) is 0 Å². The molecule has 1 aliphatic heterocycles. The van der Waals surface area contributed by atoms with E-state index >= 15 is 0 Å². The molecule has 2 heterocycles. The van der Waals surface area contributed by atoms with E-state index in [4.69, 9.17) is 5.11 Å². The number of carboxylic acid groups (broad SMARTS) is 1. The van der Waals surface area contributed by atoms with Crippen molar-refractivity contribution in [1.29, 1.82) is 0 Å². The average molecular weight is 336 g/mol. The van der Waals surface area contributed by atoms with Crippen molar-refractivity contribution in [2.75, 3.05) is 30.0 Å². The van der Waals surface area contributed by atoms with Crippen molar-refractivity contribution in [2.45, 2.75) is 6.42 Å². The summed E-state index contributed by atoms with van der Waals surface area (Å²) in [6.07, 6.45) is 3.91. The van der Waals surface area contributed by atoms with Crippen LogP contribution >= 0.6 is 11.8 Å². The molecule has 0 bridgehead atoms. The molecular formula is C16H17FN2O3S. The summed E-state index contributed by atoms with van der Waals surface area (Å²) >= 11 is 1.82. The Morgan fingerprint density at radius 3 is 2.96 bits per heavy atom. The van der Waals surface area contributed by atoms with Crippen LogP contribution in [-0.2, 0) is 0 Å². The number of hydrogen-bond acceptors (Lipinski definition) is 4. The summed E-state index contributed by atoms with van der Waals surface area (Å²) in [4.78, 5) is 25.5. The molecule has 0 amide bonds. The van der Waals surface area contributed by atoms with Crippen molar-refractivity contribution in [1.82, 2.24) is 4.79 Å². The number of anilines is 1. The highest BCUT2D eigenvalue weighted by atomic mass is 32.2. The molecule has 2 aromatic rings. The van der Waals surface area contributed by atoms with Gasteiger partial charge in [0, 0.05) is 24.2 Å². The van der Waals surface area contributed by atoms with Crippen LogP contribution in [-0.4, -0.2) is 41.0 Å². The number of nitrogens with zero attached hydrogens (tertiary/aromatic N) is 2. The average Bonchev–Trinajstić information content (AvgIpc) is 2.99.